The minimum atomic E-state index is -0.285. The molecule has 0 saturated carbocycles. The van der Waals surface area contributed by atoms with Crippen LogP contribution in [-0.4, -0.2) is 23.2 Å². The van der Waals surface area contributed by atoms with Crippen molar-refractivity contribution < 1.29 is 19.7 Å². The molecule has 0 bridgehead atoms. The Morgan fingerprint density at radius 3 is 2.43 bits per heavy atom. The van der Waals surface area contributed by atoms with Crippen molar-refractivity contribution in [3.63, 3.8) is 0 Å². The highest BCUT2D eigenvalue weighted by Gasteiger charge is 2.00. The van der Waals surface area contributed by atoms with Crippen LogP contribution in [-0.2, 0) is 4.79 Å². The van der Waals surface area contributed by atoms with E-state index in [9.17, 15) is 15.0 Å². The normalized spacial score (nSPS) is 11.0. The van der Waals surface area contributed by atoms with E-state index in [0.717, 1.165) is 11.1 Å². The molecule has 2 aromatic carbocycles. The minimum Gasteiger partial charge on any atom is -0.508 e. The first kappa shape index (κ1) is 16.2. The molecule has 0 unspecified atom stereocenters. The Kier molecular flexibility index (Phi) is 5.41. The highest BCUT2D eigenvalue weighted by molar-refractivity contribution is 5.92. The Bertz CT molecular complexity index is 733. The lowest BCUT2D eigenvalue weighted by Gasteiger charge is -2.03. The molecule has 2 rings (SSSR count). The van der Waals surface area contributed by atoms with Gasteiger partial charge in [-0.2, -0.15) is 0 Å². The van der Waals surface area contributed by atoms with Gasteiger partial charge >= 0.3 is 0 Å². The highest BCUT2D eigenvalue weighted by atomic mass is 16.5. The summed E-state index contributed by atoms with van der Waals surface area (Å²) in [6.07, 6.45) is 6.24. The van der Waals surface area contributed by atoms with Gasteiger partial charge in [-0.05, 0) is 47.5 Å². The van der Waals surface area contributed by atoms with E-state index in [1.165, 1.54) is 25.5 Å². The van der Waals surface area contributed by atoms with Crippen molar-refractivity contribution >= 4 is 18.1 Å². The molecule has 0 aliphatic carbocycles. The first-order valence-corrected chi connectivity index (χ1v) is 6.89. The standard InChI is InChI=1S/C18H17NO4/c1-23-17-12-14(4-8-16(17)21)5-9-18(22)19-11-10-13-2-6-15(20)7-3-13/h2-12,20-21H,1H3,(H,19,22)/b9-5+,11-10+. The quantitative estimate of drug-likeness (QED) is 0.742. The molecule has 0 spiro atoms. The molecule has 5 nitrogen and oxygen atoms in total. The van der Waals surface area contributed by atoms with Crippen LogP contribution in [0.2, 0.25) is 0 Å². The molecule has 0 fully saturated rings. The first-order chi connectivity index (χ1) is 11.1. The Labute approximate surface area is 134 Å². The second-order valence-electron chi connectivity index (χ2n) is 4.70. The van der Waals surface area contributed by atoms with Gasteiger partial charge in [0.2, 0.25) is 5.91 Å². The van der Waals surface area contributed by atoms with Crippen molar-refractivity contribution in [3.8, 4) is 17.2 Å². The second-order valence-corrected chi connectivity index (χ2v) is 4.70. The van der Waals surface area contributed by atoms with Crippen molar-refractivity contribution in [2.45, 2.75) is 0 Å². The first-order valence-electron chi connectivity index (χ1n) is 6.89. The number of ether oxygens (including phenoxy) is 1. The lowest BCUT2D eigenvalue weighted by molar-refractivity contribution is -0.115. The van der Waals surface area contributed by atoms with Crippen LogP contribution in [0.1, 0.15) is 11.1 Å². The molecule has 0 atom stereocenters. The molecule has 3 N–H and O–H groups in total. The van der Waals surface area contributed by atoms with Crippen LogP contribution in [0.4, 0.5) is 0 Å². The van der Waals surface area contributed by atoms with E-state index in [1.807, 2.05) is 0 Å². The number of nitrogens with one attached hydrogen (secondary N) is 1. The van der Waals surface area contributed by atoms with Crippen molar-refractivity contribution in [1.82, 2.24) is 5.32 Å². The molecule has 2 aromatic rings. The monoisotopic (exact) mass is 311 g/mol. The summed E-state index contributed by atoms with van der Waals surface area (Å²) < 4.78 is 5.00. The summed E-state index contributed by atoms with van der Waals surface area (Å²) in [4.78, 5) is 11.7. The van der Waals surface area contributed by atoms with E-state index in [-0.39, 0.29) is 17.4 Å². The fourth-order valence-corrected chi connectivity index (χ4v) is 1.82. The van der Waals surface area contributed by atoms with Crippen LogP contribution < -0.4 is 10.1 Å². The molecular weight excluding hydrogens is 294 g/mol. The molecule has 23 heavy (non-hydrogen) atoms. The van der Waals surface area contributed by atoms with Crippen molar-refractivity contribution in [3.05, 3.63) is 65.9 Å². The van der Waals surface area contributed by atoms with E-state index in [2.05, 4.69) is 5.32 Å². The number of carbonyl (C=O) groups is 1. The number of methoxy groups -OCH3 is 1. The van der Waals surface area contributed by atoms with Crippen LogP contribution >= 0.6 is 0 Å². The predicted molar refractivity (Wildman–Crippen MR) is 89.0 cm³/mol. The van der Waals surface area contributed by atoms with Gasteiger partial charge < -0.3 is 20.3 Å². The third kappa shape index (κ3) is 4.93. The zero-order valence-electron chi connectivity index (χ0n) is 12.6. The van der Waals surface area contributed by atoms with Crippen molar-refractivity contribution in [1.29, 1.82) is 0 Å². The summed E-state index contributed by atoms with van der Waals surface area (Å²) in [5, 5.41) is 21.3. The summed E-state index contributed by atoms with van der Waals surface area (Å²) in [7, 11) is 1.46. The Morgan fingerprint density at radius 1 is 1.04 bits per heavy atom. The van der Waals surface area contributed by atoms with Crippen molar-refractivity contribution in [2.75, 3.05) is 7.11 Å². The van der Waals surface area contributed by atoms with E-state index in [1.54, 1.807) is 48.6 Å². The third-order valence-corrected chi connectivity index (χ3v) is 3.03. The number of rotatable bonds is 5. The molecule has 0 aliphatic rings. The number of carbonyl (C=O) groups excluding carboxylic acids is 1. The van der Waals surface area contributed by atoms with Gasteiger partial charge in [0.15, 0.2) is 11.5 Å². The zero-order valence-corrected chi connectivity index (χ0v) is 12.6. The lowest BCUT2D eigenvalue weighted by Crippen LogP contribution is -2.13. The van der Waals surface area contributed by atoms with Gasteiger partial charge in [0.05, 0.1) is 7.11 Å². The minimum absolute atomic E-state index is 0.0472. The molecule has 0 aromatic heterocycles. The van der Waals surface area contributed by atoms with Crippen LogP contribution in [0.5, 0.6) is 17.2 Å². The fraction of sp³-hybridized carbons (Fsp3) is 0.0556. The molecule has 0 saturated heterocycles. The maximum Gasteiger partial charge on any atom is 0.247 e. The fourth-order valence-electron chi connectivity index (χ4n) is 1.82. The summed E-state index contributed by atoms with van der Waals surface area (Å²) in [6.45, 7) is 0. The van der Waals surface area contributed by atoms with Gasteiger partial charge in [0.1, 0.15) is 5.75 Å². The maximum absolute atomic E-state index is 11.7. The van der Waals surface area contributed by atoms with Crippen LogP contribution in [0.3, 0.4) is 0 Å². The number of phenolic OH excluding ortho intramolecular Hbond substituents is 2. The summed E-state index contributed by atoms with van der Waals surface area (Å²) >= 11 is 0. The Morgan fingerprint density at radius 2 is 1.74 bits per heavy atom. The van der Waals surface area contributed by atoms with E-state index < -0.39 is 0 Å². The van der Waals surface area contributed by atoms with Crippen LogP contribution in [0.15, 0.2) is 54.7 Å². The molecule has 1 amide bonds. The van der Waals surface area contributed by atoms with Gasteiger partial charge in [-0.1, -0.05) is 18.2 Å². The smallest absolute Gasteiger partial charge is 0.247 e. The average Bonchev–Trinajstić information content (AvgIpc) is 2.56. The number of benzene rings is 2. The largest absolute Gasteiger partial charge is 0.508 e. The maximum atomic E-state index is 11.7. The molecule has 118 valence electrons. The molecule has 5 heteroatoms. The van der Waals surface area contributed by atoms with E-state index in [0.29, 0.717) is 5.75 Å². The number of aromatic hydroxyl groups is 2. The summed E-state index contributed by atoms with van der Waals surface area (Å²) in [6, 6.07) is 11.4. The van der Waals surface area contributed by atoms with Crippen LogP contribution in [0.25, 0.3) is 12.2 Å². The third-order valence-electron chi connectivity index (χ3n) is 3.03. The lowest BCUT2D eigenvalue weighted by atomic mass is 10.2. The van der Waals surface area contributed by atoms with Crippen molar-refractivity contribution in [2.24, 2.45) is 0 Å². The van der Waals surface area contributed by atoms with Gasteiger partial charge in [-0.3, -0.25) is 4.79 Å². The van der Waals surface area contributed by atoms with E-state index in [4.69, 9.17) is 4.74 Å². The molecule has 0 radical (unpaired) electrons. The zero-order chi connectivity index (χ0) is 16.7. The Balaban J connectivity index is 1.92. The number of hydrogen-bond acceptors (Lipinski definition) is 4. The average molecular weight is 311 g/mol. The molecular formula is C18H17NO4. The van der Waals surface area contributed by atoms with Crippen LogP contribution in [0, 0.1) is 0 Å². The van der Waals surface area contributed by atoms with Gasteiger partial charge in [0, 0.05) is 12.3 Å². The topological polar surface area (TPSA) is 78.8 Å². The number of amides is 1. The second kappa shape index (κ2) is 7.70. The highest BCUT2D eigenvalue weighted by Crippen LogP contribution is 2.26. The SMILES string of the molecule is COc1cc(/C=C/C(=O)N/C=C/c2ccc(O)cc2)ccc1O. The summed E-state index contributed by atoms with van der Waals surface area (Å²) in [5.41, 5.74) is 1.59. The van der Waals surface area contributed by atoms with Gasteiger partial charge in [-0.15, -0.1) is 0 Å². The Hall–Kier alpha value is -3.21. The molecule has 0 aliphatic heterocycles. The van der Waals surface area contributed by atoms with Gasteiger partial charge in [-0.25, -0.2) is 0 Å². The number of phenols is 2. The van der Waals surface area contributed by atoms with E-state index >= 15 is 0 Å². The predicted octanol–water partition coefficient (Wildman–Crippen LogP) is 2.91. The number of hydrogen-bond donors (Lipinski definition) is 3. The summed E-state index contributed by atoms with van der Waals surface area (Å²) in [5.74, 6) is 0.302. The molecule has 0 heterocycles. The van der Waals surface area contributed by atoms with Gasteiger partial charge in [0.25, 0.3) is 0 Å².